The normalized spacial score (nSPS) is 27.9. The first-order valence-corrected chi connectivity index (χ1v) is 5.17. The lowest BCUT2D eigenvalue weighted by molar-refractivity contribution is -0.139. The van der Waals surface area contributed by atoms with Gasteiger partial charge in [0.25, 0.3) is 0 Å². The van der Waals surface area contributed by atoms with E-state index in [1.54, 1.807) is 6.92 Å². The van der Waals surface area contributed by atoms with Gasteiger partial charge in [0.15, 0.2) is 0 Å². The number of carbonyl (C=O) groups is 1. The summed E-state index contributed by atoms with van der Waals surface area (Å²) in [6.45, 7) is 6.10. The number of nitrogens with zero attached hydrogens (tertiary/aromatic N) is 1. The SMILES string of the molecule is C=C1C=CC=CC1C1N=C(OCC)C(=O)O1. The highest BCUT2D eigenvalue weighted by atomic mass is 16.6. The number of hydrogen-bond acceptors (Lipinski definition) is 4. The minimum Gasteiger partial charge on any atom is -0.473 e. The molecule has 0 bridgehead atoms. The van der Waals surface area contributed by atoms with Crippen LogP contribution in [0.1, 0.15) is 6.92 Å². The minimum absolute atomic E-state index is 0.0586. The molecule has 0 fully saturated rings. The van der Waals surface area contributed by atoms with Crippen LogP contribution >= 0.6 is 0 Å². The molecule has 2 atom stereocenters. The van der Waals surface area contributed by atoms with Crippen molar-refractivity contribution in [2.75, 3.05) is 6.61 Å². The fraction of sp³-hybridized carbons (Fsp3) is 0.333. The van der Waals surface area contributed by atoms with Crippen LogP contribution in [0.25, 0.3) is 0 Å². The molecule has 2 unspecified atom stereocenters. The average molecular weight is 219 g/mol. The van der Waals surface area contributed by atoms with Crippen LogP contribution in [-0.2, 0) is 14.3 Å². The maximum absolute atomic E-state index is 11.4. The Balaban J connectivity index is 2.13. The molecule has 2 aliphatic rings. The molecule has 84 valence electrons. The molecule has 0 saturated heterocycles. The predicted molar refractivity (Wildman–Crippen MR) is 59.9 cm³/mol. The second kappa shape index (κ2) is 4.35. The molecular weight excluding hydrogens is 206 g/mol. The Morgan fingerprint density at radius 2 is 2.38 bits per heavy atom. The van der Waals surface area contributed by atoms with Gasteiger partial charge in [-0.2, -0.15) is 0 Å². The Labute approximate surface area is 94.0 Å². The molecule has 0 saturated carbocycles. The summed E-state index contributed by atoms with van der Waals surface area (Å²) in [5.41, 5.74) is 0.877. The van der Waals surface area contributed by atoms with Crippen molar-refractivity contribution in [3.63, 3.8) is 0 Å². The van der Waals surface area contributed by atoms with Gasteiger partial charge in [0.2, 0.25) is 6.23 Å². The number of aliphatic imine (C=N–C) groups is 1. The van der Waals surface area contributed by atoms with E-state index >= 15 is 0 Å². The van der Waals surface area contributed by atoms with Gasteiger partial charge in [0.1, 0.15) is 0 Å². The van der Waals surface area contributed by atoms with Gasteiger partial charge in [-0.05, 0) is 12.5 Å². The zero-order chi connectivity index (χ0) is 11.5. The van der Waals surface area contributed by atoms with Gasteiger partial charge in [-0.1, -0.05) is 30.9 Å². The minimum atomic E-state index is -0.539. The van der Waals surface area contributed by atoms with Crippen molar-refractivity contribution in [2.45, 2.75) is 13.2 Å². The largest absolute Gasteiger partial charge is 0.473 e. The van der Waals surface area contributed by atoms with E-state index in [1.165, 1.54) is 0 Å². The molecule has 0 spiro atoms. The van der Waals surface area contributed by atoms with Crippen LogP contribution in [-0.4, -0.2) is 24.7 Å². The summed E-state index contributed by atoms with van der Waals surface area (Å²) in [6, 6.07) is 0. The molecule has 0 aromatic carbocycles. The van der Waals surface area contributed by atoms with Gasteiger partial charge in [-0.25, -0.2) is 9.79 Å². The maximum Gasteiger partial charge on any atom is 0.395 e. The number of cyclic esters (lactones) is 1. The van der Waals surface area contributed by atoms with E-state index in [9.17, 15) is 4.79 Å². The fourth-order valence-corrected chi connectivity index (χ4v) is 1.62. The first-order valence-electron chi connectivity index (χ1n) is 5.17. The van der Waals surface area contributed by atoms with Crippen molar-refractivity contribution in [3.05, 3.63) is 36.5 Å². The summed E-state index contributed by atoms with van der Waals surface area (Å²) in [7, 11) is 0. The maximum atomic E-state index is 11.4. The Hall–Kier alpha value is -1.84. The highest BCUT2D eigenvalue weighted by Gasteiger charge is 2.34. The summed E-state index contributed by atoms with van der Waals surface area (Å²) in [6.07, 6.45) is 7.04. The smallest absolute Gasteiger partial charge is 0.395 e. The van der Waals surface area contributed by atoms with Gasteiger partial charge < -0.3 is 9.47 Å². The molecule has 1 aliphatic heterocycles. The highest BCUT2D eigenvalue weighted by Crippen LogP contribution is 2.26. The molecule has 0 N–H and O–H groups in total. The molecule has 1 aliphatic carbocycles. The third-order valence-corrected chi connectivity index (χ3v) is 2.40. The van der Waals surface area contributed by atoms with Crippen molar-refractivity contribution >= 4 is 11.9 Å². The number of allylic oxidation sites excluding steroid dienone is 3. The molecule has 0 radical (unpaired) electrons. The third kappa shape index (κ3) is 1.91. The van der Waals surface area contributed by atoms with Crippen molar-refractivity contribution in [3.8, 4) is 0 Å². The lowest BCUT2D eigenvalue weighted by atomic mass is 9.94. The van der Waals surface area contributed by atoms with Crippen LogP contribution in [0.3, 0.4) is 0 Å². The summed E-state index contributed by atoms with van der Waals surface area (Å²) < 4.78 is 10.2. The van der Waals surface area contributed by atoms with Crippen LogP contribution in [0.15, 0.2) is 41.4 Å². The van der Waals surface area contributed by atoms with Crippen LogP contribution in [0, 0.1) is 5.92 Å². The summed E-state index contributed by atoms with van der Waals surface area (Å²) in [5.74, 6) is -0.530. The number of hydrogen-bond donors (Lipinski definition) is 0. The van der Waals surface area contributed by atoms with E-state index in [4.69, 9.17) is 9.47 Å². The number of carbonyl (C=O) groups excluding carboxylic acids is 1. The summed E-state index contributed by atoms with van der Waals surface area (Å²) in [4.78, 5) is 15.5. The molecule has 0 amide bonds. The molecule has 0 aromatic rings. The van der Waals surface area contributed by atoms with E-state index in [1.807, 2.05) is 24.3 Å². The lowest BCUT2D eigenvalue weighted by Gasteiger charge is -2.18. The molecule has 4 heteroatoms. The predicted octanol–water partition coefficient (Wildman–Crippen LogP) is 1.60. The first-order chi connectivity index (χ1) is 7.72. The number of rotatable bonds is 2. The molecular formula is C12H13NO3. The van der Waals surface area contributed by atoms with Gasteiger partial charge >= 0.3 is 11.9 Å². The standard InChI is InChI=1S/C12H13NO3/c1-3-15-11-12(14)16-10(13-11)9-7-5-4-6-8(9)2/h4-7,9-10H,2-3H2,1H3. The van der Waals surface area contributed by atoms with E-state index < -0.39 is 12.2 Å². The molecule has 16 heavy (non-hydrogen) atoms. The Morgan fingerprint density at radius 1 is 1.56 bits per heavy atom. The Bertz CT molecular complexity index is 406. The van der Waals surface area contributed by atoms with E-state index in [0.717, 1.165) is 5.57 Å². The third-order valence-electron chi connectivity index (χ3n) is 2.40. The van der Waals surface area contributed by atoms with E-state index in [2.05, 4.69) is 11.6 Å². The van der Waals surface area contributed by atoms with Crippen LogP contribution in [0.5, 0.6) is 0 Å². The average Bonchev–Trinajstić information content (AvgIpc) is 2.61. The topological polar surface area (TPSA) is 47.9 Å². The van der Waals surface area contributed by atoms with E-state index in [-0.39, 0.29) is 11.8 Å². The van der Waals surface area contributed by atoms with Crippen molar-refractivity contribution in [1.82, 2.24) is 0 Å². The number of ether oxygens (including phenoxy) is 2. The van der Waals surface area contributed by atoms with Crippen molar-refractivity contribution in [1.29, 1.82) is 0 Å². The second-order valence-electron chi connectivity index (χ2n) is 3.51. The van der Waals surface area contributed by atoms with Gasteiger partial charge in [-0.15, -0.1) is 0 Å². The zero-order valence-electron chi connectivity index (χ0n) is 9.05. The van der Waals surface area contributed by atoms with Crippen LogP contribution in [0.4, 0.5) is 0 Å². The molecule has 4 nitrogen and oxygen atoms in total. The van der Waals surface area contributed by atoms with Crippen molar-refractivity contribution in [2.24, 2.45) is 10.9 Å². The molecule has 2 rings (SSSR count). The number of esters is 1. The summed E-state index contributed by atoms with van der Waals surface area (Å²) >= 11 is 0. The lowest BCUT2D eigenvalue weighted by Crippen LogP contribution is -2.21. The Morgan fingerprint density at radius 3 is 3.06 bits per heavy atom. The van der Waals surface area contributed by atoms with Crippen LogP contribution < -0.4 is 0 Å². The zero-order valence-corrected chi connectivity index (χ0v) is 9.05. The quantitative estimate of drug-likeness (QED) is 0.663. The second-order valence-corrected chi connectivity index (χ2v) is 3.51. The highest BCUT2D eigenvalue weighted by molar-refractivity contribution is 6.33. The van der Waals surface area contributed by atoms with Gasteiger partial charge in [0.05, 0.1) is 12.5 Å². The molecule has 0 aromatic heterocycles. The summed E-state index contributed by atoms with van der Waals surface area (Å²) in [5, 5.41) is 0. The van der Waals surface area contributed by atoms with Gasteiger partial charge in [-0.3, -0.25) is 0 Å². The monoisotopic (exact) mass is 219 g/mol. The van der Waals surface area contributed by atoms with E-state index in [0.29, 0.717) is 6.61 Å². The Kier molecular flexibility index (Phi) is 2.90. The van der Waals surface area contributed by atoms with Crippen LogP contribution in [0.2, 0.25) is 0 Å². The van der Waals surface area contributed by atoms with Crippen molar-refractivity contribution < 1.29 is 14.3 Å². The molecule has 1 heterocycles. The fourth-order valence-electron chi connectivity index (χ4n) is 1.62. The van der Waals surface area contributed by atoms with Gasteiger partial charge in [0, 0.05) is 0 Å². The first kappa shape index (κ1) is 10.7.